The number of hydrogen-bond acceptors (Lipinski definition) is 8. The first-order chi connectivity index (χ1) is 19.7. The highest BCUT2D eigenvalue weighted by Gasteiger charge is 2.42. The summed E-state index contributed by atoms with van der Waals surface area (Å²) in [6.07, 6.45) is 1.81. The van der Waals surface area contributed by atoms with Crippen LogP contribution in [0, 0.1) is 11.8 Å². The van der Waals surface area contributed by atoms with Crippen LogP contribution in [0.15, 0.2) is 47.1 Å². The fourth-order valence-corrected chi connectivity index (χ4v) is 5.58. The maximum atomic E-state index is 13.6. The molecular formula is C28H33F3N6O5. The van der Waals surface area contributed by atoms with Gasteiger partial charge < -0.3 is 30.1 Å². The Morgan fingerprint density at radius 1 is 1.10 bits per heavy atom. The topological polar surface area (TPSA) is 156 Å². The highest BCUT2D eigenvalue weighted by Crippen LogP contribution is 2.36. The van der Waals surface area contributed by atoms with Gasteiger partial charge in [-0.2, -0.15) is 13.2 Å². The summed E-state index contributed by atoms with van der Waals surface area (Å²) in [5.41, 5.74) is -0.479. The van der Waals surface area contributed by atoms with Crippen LogP contribution in [-0.2, 0) is 11.0 Å². The lowest BCUT2D eigenvalue weighted by Crippen LogP contribution is -2.48. The van der Waals surface area contributed by atoms with E-state index in [-0.39, 0.29) is 47.4 Å². The highest BCUT2D eigenvalue weighted by molar-refractivity contribution is 6.03. The molecular weight excluding hydrogens is 557 g/mol. The van der Waals surface area contributed by atoms with Gasteiger partial charge in [0, 0.05) is 44.3 Å². The molecule has 3 heterocycles. The zero-order valence-electron chi connectivity index (χ0n) is 23.0. The number of rotatable bonds is 7. The monoisotopic (exact) mass is 590 g/mol. The fraction of sp³-hybridized carbons (Fsp3) is 0.464. The van der Waals surface area contributed by atoms with E-state index in [1.54, 1.807) is 18.2 Å². The Labute approximate surface area is 240 Å². The average Bonchev–Trinajstić information content (AvgIpc) is 3.65. The Kier molecular flexibility index (Phi) is 9.46. The molecule has 226 valence electrons. The van der Waals surface area contributed by atoms with E-state index >= 15 is 0 Å². The fourth-order valence-electron chi connectivity index (χ4n) is 5.58. The molecule has 4 N–H and O–H groups in total. The summed E-state index contributed by atoms with van der Waals surface area (Å²) >= 11 is 0. The van der Waals surface area contributed by atoms with Crippen LogP contribution < -0.4 is 10.2 Å². The van der Waals surface area contributed by atoms with Gasteiger partial charge in [-0.05, 0) is 43.7 Å². The van der Waals surface area contributed by atoms with Crippen LogP contribution >= 0.6 is 0 Å². The molecule has 1 aliphatic heterocycles. The van der Waals surface area contributed by atoms with Gasteiger partial charge in [-0.15, -0.1) is 0 Å². The summed E-state index contributed by atoms with van der Waals surface area (Å²) in [5, 5.41) is 12.0. The van der Waals surface area contributed by atoms with Crippen molar-refractivity contribution in [1.82, 2.24) is 19.9 Å². The van der Waals surface area contributed by atoms with Gasteiger partial charge in [0.1, 0.15) is 0 Å². The lowest BCUT2D eigenvalue weighted by atomic mass is 9.94. The maximum Gasteiger partial charge on any atom is 0.452 e. The first kappa shape index (κ1) is 30.9. The molecule has 0 radical (unpaired) electrons. The van der Waals surface area contributed by atoms with E-state index in [2.05, 4.69) is 20.3 Å². The van der Waals surface area contributed by atoms with Gasteiger partial charge in [0.15, 0.2) is 5.69 Å². The number of anilines is 2. The number of piperidine rings is 1. The third kappa shape index (κ3) is 6.54. The second-order valence-electron chi connectivity index (χ2n) is 10.4. The second kappa shape index (κ2) is 12.9. The Balaban J connectivity index is 0.00000405. The van der Waals surface area contributed by atoms with Gasteiger partial charge in [-0.25, -0.2) is 15.0 Å². The summed E-state index contributed by atoms with van der Waals surface area (Å²) in [6, 6.07) is 8.07. The molecule has 1 aliphatic carbocycles. The minimum absolute atomic E-state index is 0. The SMILES string of the molecule is CN(C(=O)[C@@H]1CCC[C@H]1CO)C1CCN(c2ncc(NC(=O)c3nc(-c4ccccc4)oc3C(F)(F)F)cn2)CC1.O. The third-order valence-electron chi connectivity index (χ3n) is 7.87. The molecule has 0 spiro atoms. The number of aliphatic hydroxyl groups is 1. The number of aromatic nitrogens is 3. The maximum absolute atomic E-state index is 13.6. The lowest BCUT2D eigenvalue weighted by molar-refractivity contribution is -0.153. The van der Waals surface area contributed by atoms with Crippen LogP contribution in [0.25, 0.3) is 11.5 Å². The number of amides is 2. The number of nitrogens with one attached hydrogen (secondary N) is 1. The van der Waals surface area contributed by atoms with E-state index in [1.165, 1.54) is 24.5 Å². The minimum atomic E-state index is -4.92. The number of nitrogens with zero attached hydrogens (tertiary/aromatic N) is 5. The van der Waals surface area contributed by atoms with Gasteiger partial charge in [0.25, 0.3) is 5.91 Å². The smallest absolute Gasteiger partial charge is 0.431 e. The third-order valence-corrected chi connectivity index (χ3v) is 7.87. The second-order valence-corrected chi connectivity index (χ2v) is 10.4. The predicted octanol–water partition coefficient (Wildman–Crippen LogP) is 3.41. The van der Waals surface area contributed by atoms with Crippen molar-refractivity contribution in [3.05, 3.63) is 54.2 Å². The van der Waals surface area contributed by atoms with Crippen molar-refractivity contribution in [3.8, 4) is 11.5 Å². The summed E-state index contributed by atoms with van der Waals surface area (Å²) in [7, 11) is 1.82. The number of alkyl halides is 3. The predicted molar refractivity (Wildman–Crippen MR) is 146 cm³/mol. The number of carbonyl (C=O) groups excluding carboxylic acids is 2. The lowest BCUT2D eigenvalue weighted by Gasteiger charge is -2.38. The normalized spacial score (nSPS) is 19.3. The van der Waals surface area contributed by atoms with E-state index in [0.717, 1.165) is 32.1 Å². The minimum Gasteiger partial charge on any atom is -0.431 e. The molecule has 5 rings (SSSR count). The van der Waals surface area contributed by atoms with Crippen LogP contribution in [0.2, 0.25) is 0 Å². The first-order valence-corrected chi connectivity index (χ1v) is 13.5. The number of benzene rings is 1. The number of halogens is 3. The zero-order chi connectivity index (χ0) is 29.1. The first-order valence-electron chi connectivity index (χ1n) is 13.5. The van der Waals surface area contributed by atoms with Crippen molar-refractivity contribution >= 4 is 23.5 Å². The Bertz CT molecular complexity index is 1360. The molecule has 2 fully saturated rings. The molecule has 2 aliphatic rings. The van der Waals surface area contributed by atoms with Crippen LogP contribution in [0.4, 0.5) is 24.8 Å². The van der Waals surface area contributed by atoms with Crippen molar-refractivity contribution in [2.75, 3.05) is 37.0 Å². The Morgan fingerprint density at radius 3 is 2.38 bits per heavy atom. The van der Waals surface area contributed by atoms with Crippen molar-refractivity contribution in [3.63, 3.8) is 0 Å². The van der Waals surface area contributed by atoms with Crippen LogP contribution in [0.1, 0.15) is 48.4 Å². The summed E-state index contributed by atoms with van der Waals surface area (Å²) < 4.78 is 45.7. The Morgan fingerprint density at radius 2 is 1.76 bits per heavy atom. The Hall–Kier alpha value is -4.04. The molecule has 0 bridgehead atoms. The summed E-state index contributed by atoms with van der Waals surface area (Å²) in [6.45, 7) is 1.25. The zero-order valence-corrected chi connectivity index (χ0v) is 23.0. The van der Waals surface area contributed by atoms with E-state index in [0.29, 0.717) is 24.6 Å². The van der Waals surface area contributed by atoms with Crippen LogP contribution in [0.3, 0.4) is 0 Å². The highest BCUT2D eigenvalue weighted by atomic mass is 19.4. The number of carbonyl (C=O) groups is 2. The molecule has 2 aromatic heterocycles. The number of aliphatic hydroxyl groups excluding tert-OH is 1. The molecule has 11 nitrogen and oxygen atoms in total. The molecule has 2 amide bonds. The molecule has 1 aromatic carbocycles. The molecule has 14 heteroatoms. The van der Waals surface area contributed by atoms with Gasteiger partial charge in [0.05, 0.1) is 18.1 Å². The molecule has 2 atom stereocenters. The largest absolute Gasteiger partial charge is 0.452 e. The van der Waals surface area contributed by atoms with E-state index < -0.39 is 23.5 Å². The molecule has 42 heavy (non-hydrogen) atoms. The molecule has 1 saturated carbocycles. The number of oxazole rings is 1. The summed E-state index contributed by atoms with van der Waals surface area (Å²) in [4.78, 5) is 41.9. The van der Waals surface area contributed by atoms with E-state index in [1.807, 2.05) is 16.8 Å². The van der Waals surface area contributed by atoms with Gasteiger partial charge in [-0.3, -0.25) is 9.59 Å². The van der Waals surface area contributed by atoms with Gasteiger partial charge in [-0.1, -0.05) is 24.6 Å². The van der Waals surface area contributed by atoms with E-state index in [9.17, 15) is 27.9 Å². The van der Waals surface area contributed by atoms with Gasteiger partial charge >= 0.3 is 6.18 Å². The van der Waals surface area contributed by atoms with Crippen LogP contribution in [-0.4, -0.2) is 75.0 Å². The summed E-state index contributed by atoms with van der Waals surface area (Å²) in [5.74, 6) is -2.49. The van der Waals surface area contributed by atoms with E-state index in [4.69, 9.17) is 4.42 Å². The molecule has 0 unspecified atom stereocenters. The molecule has 1 saturated heterocycles. The molecule has 3 aromatic rings. The number of hydrogen-bond donors (Lipinski definition) is 2. The average molecular weight is 591 g/mol. The van der Waals surface area contributed by atoms with Crippen molar-refractivity contribution < 1.29 is 37.8 Å². The van der Waals surface area contributed by atoms with Crippen molar-refractivity contribution in [1.29, 1.82) is 0 Å². The van der Waals surface area contributed by atoms with Crippen LogP contribution in [0.5, 0.6) is 0 Å². The van der Waals surface area contributed by atoms with Crippen molar-refractivity contribution in [2.24, 2.45) is 11.8 Å². The quantitative estimate of drug-likeness (QED) is 0.424. The van der Waals surface area contributed by atoms with Crippen molar-refractivity contribution in [2.45, 2.75) is 44.3 Å². The standard InChI is InChI=1S/C28H31F3N6O4.H2O/c1-36(26(40)21-9-5-8-18(21)16-38)20-10-12-37(13-11-20)27-32-14-19(15-33-27)34-24(39)22-23(28(29,30)31)41-25(35-22)17-6-3-2-4-7-17;/h2-4,6-7,14-15,18,20-21,38H,5,8-13,16H2,1H3,(H,34,39);1H2/t18-,21+;/m0./s1. The van der Waals surface area contributed by atoms with Gasteiger partial charge in [0.2, 0.25) is 23.5 Å².